The first-order valence-corrected chi connectivity index (χ1v) is 9.21. The van der Waals surface area contributed by atoms with Gasteiger partial charge in [-0.15, -0.1) is 0 Å². The third-order valence-electron chi connectivity index (χ3n) is 3.94. The van der Waals surface area contributed by atoms with Crippen LogP contribution in [0, 0.1) is 6.92 Å². The van der Waals surface area contributed by atoms with Crippen LogP contribution < -0.4 is 0 Å². The molecule has 7 heteroatoms. The molecule has 0 saturated heterocycles. The molecule has 0 aliphatic carbocycles. The molecular formula is C19H20Cl2N4O. The lowest BCUT2D eigenvalue weighted by molar-refractivity contribution is 0.246. The minimum absolute atomic E-state index is 0.568. The number of benzene rings is 1. The average Bonchev–Trinajstić information content (AvgIpc) is 3.04. The molecule has 0 spiro atoms. The summed E-state index contributed by atoms with van der Waals surface area (Å²) in [5, 5.41) is 4.97. The summed E-state index contributed by atoms with van der Waals surface area (Å²) >= 11 is 12.2. The van der Waals surface area contributed by atoms with Crippen LogP contribution in [-0.4, -0.2) is 26.6 Å². The summed E-state index contributed by atoms with van der Waals surface area (Å²) in [6, 6.07) is 11.7. The molecule has 0 fully saturated rings. The molecule has 0 N–H and O–H groups in total. The van der Waals surface area contributed by atoms with Crippen LogP contribution >= 0.6 is 23.2 Å². The highest BCUT2D eigenvalue weighted by molar-refractivity contribution is 6.42. The number of hydrogen-bond acceptors (Lipinski definition) is 5. The van der Waals surface area contributed by atoms with Gasteiger partial charge in [-0.2, -0.15) is 4.98 Å². The van der Waals surface area contributed by atoms with Crippen molar-refractivity contribution >= 4 is 23.2 Å². The Bertz CT molecular complexity index is 839. The third-order valence-corrected chi connectivity index (χ3v) is 4.68. The van der Waals surface area contributed by atoms with Gasteiger partial charge in [0.25, 0.3) is 0 Å². The van der Waals surface area contributed by atoms with Gasteiger partial charge in [0, 0.05) is 25.7 Å². The second-order valence-corrected chi connectivity index (χ2v) is 6.93. The number of halogens is 2. The van der Waals surface area contributed by atoms with E-state index in [1.165, 1.54) is 0 Å². The van der Waals surface area contributed by atoms with E-state index in [-0.39, 0.29) is 0 Å². The number of hydrogen-bond donors (Lipinski definition) is 0. The molecule has 1 aromatic carbocycles. The van der Waals surface area contributed by atoms with Gasteiger partial charge in [-0.05, 0) is 49.7 Å². The molecular weight excluding hydrogens is 371 g/mol. The van der Waals surface area contributed by atoms with Crippen LogP contribution in [0.4, 0.5) is 0 Å². The largest absolute Gasteiger partial charge is 0.339 e. The van der Waals surface area contributed by atoms with Crippen molar-refractivity contribution < 1.29 is 4.52 Å². The van der Waals surface area contributed by atoms with E-state index in [4.69, 9.17) is 27.7 Å². The average molecular weight is 391 g/mol. The minimum Gasteiger partial charge on any atom is -0.339 e. The van der Waals surface area contributed by atoms with Crippen molar-refractivity contribution in [3.63, 3.8) is 0 Å². The van der Waals surface area contributed by atoms with Crippen LogP contribution in [0.1, 0.15) is 29.4 Å². The van der Waals surface area contributed by atoms with Gasteiger partial charge in [0.1, 0.15) is 0 Å². The molecule has 2 heterocycles. The monoisotopic (exact) mass is 390 g/mol. The lowest BCUT2D eigenvalue weighted by Crippen LogP contribution is -2.25. The Balaban J connectivity index is 1.65. The Morgan fingerprint density at radius 3 is 2.65 bits per heavy atom. The van der Waals surface area contributed by atoms with Crippen LogP contribution in [0.2, 0.25) is 10.0 Å². The molecule has 0 aliphatic rings. The molecule has 2 aromatic heterocycles. The van der Waals surface area contributed by atoms with Crippen molar-refractivity contribution in [3.05, 3.63) is 75.6 Å². The number of rotatable bonds is 8. The lowest BCUT2D eigenvalue weighted by Gasteiger charge is -2.22. The van der Waals surface area contributed by atoms with Gasteiger partial charge in [0.05, 0.1) is 15.7 Å². The Morgan fingerprint density at radius 1 is 1.08 bits per heavy atom. The standard InChI is InChI=1S/C19H20Cl2N4O/c1-14-23-19(26-24-14)6-4-10-25(13-16-5-2-3-9-22-16)12-15-7-8-17(20)18(21)11-15/h2-3,5,7-9,11H,4,6,10,12-13H2,1H3. The van der Waals surface area contributed by atoms with Gasteiger partial charge in [-0.3, -0.25) is 9.88 Å². The van der Waals surface area contributed by atoms with E-state index in [0.29, 0.717) is 21.8 Å². The van der Waals surface area contributed by atoms with Crippen molar-refractivity contribution in [2.45, 2.75) is 32.9 Å². The van der Waals surface area contributed by atoms with Crippen LogP contribution in [0.15, 0.2) is 47.1 Å². The summed E-state index contributed by atoms with van der Waals surface area (Å²) in [4.78, 5) is 11.0. The van der Waals surface area contributed by atoms with E-state index in [0.717, 1.165) is 43.7 Å². The summed E-state index contributed by atoms with van der Waals surface area (Å²) in [6.07, 6.45) is 3.48. The maximum absolute atomic E-state index is 6.15. The summed E-state index contributed by atoms with van der Waals surface area (Å²) in [5.74, 6) is 1.34. The second kappa shape index (κ2) is 9.12. The molecule has 136 valence electrons. The summed E-state index contributed by atoms with van der Waals surface area (Å²) in [7, 11) is 0. The van der Waals surface area contributed by atoms with E-state index in [1.54, 1.807) is 0 Å². The Kier molecular flexibility index (Phi) is 6.61. The molecule has 0 unspecified atom stereocenters. The highest BCUT2D eigenvalue weighted by Gasteiger charge is 2.11. The highest BCUT2D eigenvalue weighted by Crippen LogP contribution is 2.23. The van der Waals surface area contributed by atoms with Crippen LogP contribution in [-0.2, 0) is 19.5 Å². The van der Waals surface area contributed by atoms with Crippen LogP contribution in [0.3, 0.4) is 0 Å². The fourth-order valence-corrected chi connectivity index (χ4v) is 3.05. The fourth-order valence-electron chi connectivity index (χ4n) is 2.73. The Hall–Kier alpha value is -1.95. The predicted molar refractivity (Wildman–Crippen MR) is 102 cm³/mol. The Morgan fingerprint density at radius 2 is 1.96 bits per heavy atom. The maximum Gasteiger partial charge on any atom is 0.226 e. The normalized spacial score (nSPS) is 11.2. The first-order valence-electron chi connectivity index (χ1n) is 8.45. The zero-order valence-corrected chi connectivity index (χ0v) is 16.0. The summed E-state index contributed by atoms with van der Waals surface area (Å²) in [5.41, 5.74) is 2.14. The molecule has 0 atom stereocenters. The number of pyridine rings is 1. The smallest absolute Gasteiger partial charge is 0.226 e. The van der Waals surface area contributed by atoms with Crippen molar-refractivity contribution in [2.75, 3.05) is 6.54 Å². The zero-order valence-electron chi connectivity index (χ0n) is 14.5. The van der Waals surface area contributed by atoms with Crippen LogP contribution in [0.25, 0.3) is 0 Å². The van der Waals surface area contributed by atoms with E-state index >= 15 is 0 Å². The molecule has 26 heavy (non-hydrogen) atoms. The van der Waals surface area contributed by atoms with Gasteiger partial charge < -0.3 is 4.52 Å². The SMILES string of the molecule is Cc1noc(CCCN(Cc2ccc(Cl)c(Cl)c2)Cc2ccccn2)n1. The van der Waals surface area contributed by atoms with Gasteiger partial charge in [0.2, 0.25) is 5.89 Å². The van der Waals surface area contributed by atoms with E-state index in [2.05, 4.69) is 20.0 Å². The van der Waals surface area contributed by atoms with E-state index < -0.39 is 0 Å². The van der Waals surface area contributed by atoms with Crippen molar-refractivity contribution in [2.24, 2.45) is 0 Å². The quantitative estimate of drug-likeness (QED) is 0.557. The number of aromatic nitrogens is 3. The summed E-state index contributed by atoms with van der Waals surface area (Å²) in [6.45, 7) is 4.21. The number of nitrogens with zero attached hydrogens (tertiary/aromatic N) is 4. The van der Waals surface area contributed by atoms with Crippen molar-refractivity contribution in [1.82, 2.24) is 20.0 Å². The third kappa shape index (κ3) is 5.53. The summed E-state index contributed by atoms with van der Waals surface area (Å²) < 4.78 is 5.19. The molecule has 0 radical (unpaired) electrons. The first-order chi connectivity index (χ1) is 12.6. The Labute approximate surface area is 163 Å². The molecule has 3 aromatic rings. The van der Waals surface area contributed by atoms with Gasteiger partial charge in [0.15, 0.2) is 5.82 Å². The molecule has 0 aliphatic heterocycles. The highest BCUT2D eigenvalue weighted by atomic mass is 35.5. The molecule has 3 rings (SSSR count). The van der Waals surface area contributed by atoms with E-state index in [1.807, 2.05) is 49.5 Å². The second-order valence-electron chi connectivity index (χ2n) is 6.12. The predicted octanol–water partition coefficient (Wildman–Crippen LogP) is 4.71. The maximum atomic E-state index is 6.15. The van der Waals surface area contributed by atoms with Crippen molar-refractivity contribution in [3.8, 4) is 0 Å². The molecule has 0 bridgehead atoms. The lowest BCUT2D eigenvalue weighted by atomic mass is 10.2. The van der Waals surface area contributed by atoms with Gasteiger partial charge in [-0.25, -0.2) is 0 Å². The van der Waals surface area contributed by atoms with Crippen molar-refractivity contribution in [1.29, 1.82) is 0 Å². The van der Waals surface area contributed by atoms with E-state index in [9.17, 15) is 0 Å². The number of aryl methyl sites for hydroxylation is 2. The fraction of sp³-hybridized carbons (Fsp3) is 0.316. The molecule has 0 amide bonds. The minimum atomic E-state index is 0.568. The van der Waals surface area contributed by atoms with Crippen LogP contribution in [0.5, 0.6) is 0 Å². The first kappa shape index (κ1) is 18.8. The van der Waals surface area contributed by atoms with Gasteiger partial charge in [-0.1, -0.05) is 40.5 Å². The topological polar surface area (TPSA) is 55.1 Å². The zero-order chi connectivity index (χ0) is 18.4. The molecule has 0 saturated carbocycles. The van der Waals surface area contributed by atoms with Gasteiger partial charge >= 0.3 is 0 Å². The molecule has 5 nitrogen and oxygen atoms in total.